The second kappa shape index (κ2) is 3.90. The number of hydrogen-bond acceptors (Lipinski definition) is 0. The first kappa shape index (κ1) is 10.4. The molecule has 0 saturated heterocycles. The summed E-state index contributed by atoms with van der Waals surface area (Å²) in [6.45, 7) is 0. The van der Waals surface area contributed by atoms with E-state index < -0.39 is 0 Å². The van der Waals surface area contributed by atoms with Crippen molar-refractivity contribution in [3.63, 3.8) is 0 Å². The largest absolute Gasteiger partial charge is 0.0843 e. The second-order valence-electron chi connectivity index (χ2n) is 3.80. The Hall–Kier alpha value is -0.800. The smallest absolute Gasteiger partial charge is 0.0412 e. The molecule has 0 nitrogen and oxygen atoms in total. The SMILES string of the molecule is Clc1ccc2ccc3cc(I)ccc3c2c1. The summed E-state index contributed by atoms with van der Waals surface area (Å²) in [5.74, 6) is 0. The number of halogens is 2. The highest BCUT2D eigenvalue weighted by molar-refractivity contribution is 14.1. The van der Waals surface area contributed by atoms with Crippen molar-refractivity contribution in [1.29, 1.82) is 0 Å². The molecule has 0 aliphatic heterocycles. The van der Waals surface area contributed by atoms with Gasteiger partial charge in [0.25, 0.3) is 0 Å². The van der Waals surface area contributed by atoms with E-state index >= 15 is 0 Å². The van der Waals surface area contributed by atoms with E-state index in [1.54, 1.807) is 0 Å². The van der Waals surface area contributed by atoms with Crippen molar-refractivity contribution >= 4 is 55.7 Å². The Balaban J connectivity index is 2.52. The van der Waals surface area contributed by atoms with Crippen LogP contribution in [0.2, 0.25) is 5.02 Å². The third-order valence-electron chi connectivity index (χ3n) is 2.76. The summed E-state index contributed by atoms with van der Waals surface area (Å²) >= 11 is 8.38. The number of benzene rings is 3. The van der Waals surface area contributed by atoms with E-state index in [4.69, 9.17) is 11.6 Å². The lowest BCUT2D eigenvalue weighted by Crippen LogP contribution is -1.79. The monoisotopic (exact) mass is 338 g/mol. The molecule has 0 aliphatic rings. The van der Waals surface area contributed by atoms with Crippen LogP contribution in [0.25, 0.3) is 21.5 Å². The molecule has 3 aromatic rings. The molecule has 3 rings (SSSR count). The highest BCUT2D eigenvalue weighted by Gasteiger charge is 2.01. The first-order chi connectivity index (χ1) is 7.74. The summed E-state index contributed by atoms with van der Waals surface area (Å²) in [6.07, 6.45) is 0. The van der Waals surface area contributed by atoms with Gasteiger partial charge in [-0.25, -0.2) is 0 Å². The Morgan fingerprint density at radius 2 is 1.50 bits per heavy atom. The molecular formula is C14H8ClI. The normalized spacial score (nSPS) is 11.1. The van der Waals surface area contributed by atoms with Gasteiger partial charge in [-0.05, 0) is 68.4 Å². The van der Waals surface area contributed by atoms with E-state index in [1.165, 1.54) is 25.1 Å². The fourth-order valence-electron chi connectivity index (χ4n) is 2.00. The predicted molar refractivity (Wildman–Crippen MR) is 79.2 cm³/mol. The molecule has 0 bridgehead atoms. The molecule has 0 aliphatic carbocycles. The Kier molecular flexibility index (Phi) is 2.52. The zero-order chi connectivity index (χ0) is 11.1. The molecule has 0 fully saturated rings. The first-order valence-electron chi connectivity index (χ1n) is 5.01. The van der Waals surface area contributed by atoms with Crippen LogP contribution in [0.15, 0.2) is 48.5 Å². The van der Waals surface area contributed by atoms with Gasteiger partial charge in [-0.2, -0.15) is 0 Å². The summed E-state index contributed by atoms with van der Waals surface area (Å²) in [7, 11) is 0. The summed E-state index contributed by atoms with van der Waals surface area (Å²) in [5.41, 5.74) is 0. The lowest BCUT2D eigenvalue weighted by Gasteiger charge is -2.04. The Bertz CT molecular complexity index is 689. The summed E-state index contributed by atoms with van der Waals surface area (Å²) in [6, 6.07) is 16.8. The van der Waals surface area contributed by atoms with Crippen LogP contribution >= 0.6 is 34.2 Å². The van der Waals surface area contributed by atoms with Gasteiger partial charge in [-0.15, -0.1) is 0 Å². The quantitative estimate of drug-likeness (QED) is 0.388. The molecule has 0 N–H and O–H groups in total. The minimum Gasteiger partial charge on any atom is -0.0843 e. The lowest BCUT2D eigenvalue weighted by atomic mass is 10.0. The summed E-state index contributed by atoms with van der Waals surface area (Å²) in [4.78, 5) is 0. The van der Waals surface area contributed by atoms with Crippen LogP contribution in [0.4, 0.5) is 0 Å². The fraction of sp³-hybridized carbons (Fsp3) is 0. The Morgan fingerprint density at radius 3 is 2.38 bits per heavy atom. The van der Waals surface area contributed by atoms with Crippen molar-refractivity contribution in [1.82, 2.24) is 0 Å². The van der Waals surface area contributed by atoms with E-state index in [9.17, 15) is 0 Å². The molecule has 0 spiro atoms. The molecule has 0 saturated carbocycles. The Morgan fingerprint density at radius 1 is 0.750 bits per heavy atom. The molecule has 0 atom stereocenters. The van der Waals surface area contributed by atoms with Crippen molar-refractivity contribution in [2.45, 2.75) is 0 Å². The van der Waals surface area contributed by atoms with E-state index in [-0.39, 0.29) is 0 Å². The van der Waals surface area contributed by atoms with Gasteiger partial charge in [0, 0.05) is 8.59 Å². The molecule has 16 heavy (non-hydrogen) atoms. The van der Waals surface area contributed by atoms with E-state index in [0.717, 1.165) is 5.02 Å². The number of fused-ring (bicyclic) bond motifs is 3. The predicted octanol–water partition coefficient (Wildman–Crippen LogP) is 5.25. The zero-order valence-corrected chi connectivity index (χ0v) is 11.3. The third kappa shape index (κ3) is 1.68. The lowest BCUT2D eigenvalue weighted by molar-refractivity contribution is 1.72. The van der Waals surface area contributed by atoms with Crippen molar-refractivity contribution in [2.75, 3.05) is 0 Å². The van der Waals surface area contributed by atoms with Gasteiger partial charge >= 0.3 is 0 Å². The topological polar surface area (TPSA) is 0 Å². The average Bonchev–Trinajstić information content (AvgIpc) is 2.28. The second-order valence-corrected chi connectivity index (χ2v) is 5.48. The van der Waals surface area contributed by atoms with Crippen LogP contribution in [0.1, 0.15) is 0 Å². The molecule has 0 radical (unpaired) electrons. The average molecular weight is 339 g/mol. The van der Waals surface area contributed by atoms with Crippen LogP contribution in [0, 0.1) is 3.57 Å². The molecule has 0 unspecified atom stereocenters. The highest BCUT2D eigenvalue weighted by atomic mass is 127. The van der Waals surface area contributed by atoms with E-state index in [0.29, 0.717) is 0 Å². The molecular weight excluding hydrogens is 331 g/mol. The maximum Gasteiger partial charge on any atom is 0.0412 e. The van der Waals surface area contributed by atoms with E-state index in [1.807, 2.05) is 12.1 Å². The minimum atomic E-state index is 0.790. The van der Waals surface area contributed by atoms with Gasteiger partial charge in [0.1, 0.15) is 0 Å². The van der Waals surface area contributed by atoms with Gasteiger partial charge in [-0.1, -0.05) is 35.9 Å². The molecule has 0 amide bonds. The molecule has 3 aromatic carbocycles. The highest BCUT2D eigenvalue weighted by Crippen LogP contribution is 2.28. The van der Waals surface area contributed by atoms with Crippen molar-refractivity contribution in [3.8, 4) is 0 Å². The van der Waals surface area contributed by atoms with Crippen molar-refractivity contribution in [2.24, 2.45) is 0 Å². The summed E-state index contributed by atoms with van der Waals surface area (Å²) in [5, 5.41) is 5.78. The van der Waals surface area contributed by atoms with Crippen molar-refractivity contribution < 1.29 is 0 Å². The number of hydrogen-bond donors (Lipinski definition) is 0. The Labute approximate surface area is 112 Å². The third-order valence-corrected chi connectivity index (χ3v) is 3.67. The van der Waals surface area contributed by atoms with E-state index in [2.05, 4.69) is 59.0 Å². The fourth-order valence-corrected chi connectivity index (χ4v) is 2.69. The van der Waals surface area contributed by atoms with Crippen LogP contribution in [0.3, 0.4) is 0 Å². The summed E-state index contributed by atoms with van der Waals surface area (Å²) < 4.78 is 1.26. The van der Waals surface area contributed by atoms with Crippen molar-refractivity contribution in [3.05, 3.63) is 57.1 Å². The van der Waals surface area contributed by atoms with Crippen LogP contribution in [-0.2, 0) is 0 Å². The maximum atomic E-state index is 6.05. The molecule has 0 heterocycles. The minimum absolute atomic E-state index is 0.790. The van der Waals surface area contributed by atoms with Crippen LogP contribution in [-0.4, -0.2) is 0 Å². The van der Waals surface area contributed by atoms with Crippen LogP contribution < -0.4 is 0 Å². The molecule has 0 aromatic heterocycles. The van der Waals surface area contributed by atoms with Gasteiger partial charge in [0.15, 0.2) is 0 Å². The molecule has 2 heteroatoms. The van der Waals surface area contributed by atoms with Gasteiger partial charge < -0.3 is 0 Å². The van der Waals surface area contributed by atoms with Gasteiger partial charge in [-0.3, -0.25) is 0 Å². The van der Waals surface area contributed by atoms with Gasteiger partial charge in [0.2, 0.25) is 0 Å². The van der Waals surface area contributed by atoms with Gasteiger partial charge in [0.05, 0.1) is 0 Å². The zero-order valence-electron chi connectivity index (χ0n) is 8.37. The van der Waals surface area contributed by atoms with Crippen LogP contribution in [0.5, 0.6) is 0 Å². The maximum absolute atomic E-state index is 6.05. The first-order valence-corrected chi connectivity index (χ1v) is 6.47. The standard InChI is InChI=1S/C14H8ClI/c15-11-4-3-9-1-2-10-7-12(16)5-6-13(10)14(9)8-11/h1-8H. The molecule has 78 valence electrons. The number of rotatable bonds is 0.